The summed E-state index contributed by atoms with van der Waals surface area (Å²) in [6, 6.07) is 5.60. The number of nitrogens with zero attached hydrogens (tertiary/aromatic N) is 4. The van der Waals surface area contributed by atoms with Crippen molar-refractivity contribution in [2.75, 3.05) is 16.8 Å². The second-order valence-electron chi connectivity index (χ2n) is 6.91. The third-order valence-corrected chi connectivity index (χ3v) is 6.53. The highest BCUT2D eigenvalue weighted by Crippen LogP contribution is 2.38. The van der Waals surface area contributed by atoms with Gasteiger partial charge < -0.3 is 4.74 Å². The predicted octanol–water partition coefficient (Wildman–Crippen LogP) is 3.59. The maximum Gasteiger partial charge on any atom is 0.268 e. The fraction of sp³-hybridized carbons (Fsp3) is 0.350. The lowest BCUT2D eigenvalue weighted by Crippen LogP contribution is -2.47. The van der Waals surface area contributed by atoms with Crippen molar-refractivity contribution in [1.82, 2.24) is 15.2 Å². The van der Waals surface area contributed by atoms with Crippen molar-refractivity contribution in [3.8, 4) is 17.0 Å². The lowest BCUT2D eigenvalue weighted by atomic mass is 10.1. The largest absolute Gasteiger partial charge is 0.479 e. The van der Waals surface area contributed by atoms with Crippen LogP contribution in [-0.2, 0) is 16.0 Å². The molecule has 3 aromatic rings. The Morgan fingerprint density at radius 3 is 2.73 bits per heavy atom. The van der Waals surface area contributed by atoms with Gasteiger partial charge in [0.2, 0.25) is 11.0 Å². The van der Waals surface area contributed by atoms with Crippen LogP contribution in [0.4, 0.5) is 10.8 Å². The molecule has 1 atom stereocenters. The molecule has 1 unspecified atom stereocenters. The second-order valence-corrected chi connectivity index (χ2v) is 9.38. The third-order valence-electron chi connectivity index (χ3n) is 4.66. The van der Waals surface area contributed by atoms with E-state index >= 15 is 0 Å². The molecule has 0 fully saturated rings. The molecule has 0 spiro atoms. The first-order chi connectivity index (χ1) is 14.4. The van der Waals surface area contributed by atoms with Crippen LogP contribution in [-0.4, -0.2) is 39.6 Å². The van der Waals surface area contributed by atoms with E-state index in [4.69, 9.17) is 4.74 Å². The Morgan fingerprint density at radius 2 is 2.07 bits per heavy atom. The van der Waals surface area contributed by atoms with Crippen molar-refractivity contribution in [3.63, 3.8) is 0 Å². The van der Waals surface area contributed by atoms with Crippen molar-refractivity contribution in [2.24, 2.45) is 0 Å². The van der Waals surface area contributed by atoms with Gasteiger partial charge in [-0.3, -0.25) is 19.8 Å². The Morgan fingerprint density at radius 1 is 1.27 bits per heavy atom. The monoisotopic (exact) mass is 443 g/mol. The van der Waals surface area contributed by atoms with Crippen molar-refractivity contribution < 1.29 is 14.3 Å². The maximum absolute atomic E-state index is 12.8. The molecular formula is C20H21N5O3S2. The molecule has 30 heavy (non-hydrogen) atoms. The molecule has 2 aromatic heterocycles. The third kappa shape index (κ3) is 3.92. The van der Waals surface area contributed by atoms with Crippen molar-refractivity contribution in [2.45, 2.75) is 40.2 Å². The zero-order valence-corrected chi connectivity index (χ0v) is 18.7. The van der Waals surface area contributed by atoms with Gasteiger partial charge in [0.05, 0.1) is 16.4 Å². The summed E-state index contributed by atoms with van der Waals surface area (Å²) in [4.78, 5) is 32.6. The minimum atomic E-state index is -0.673. The number of carbonyl (C=O) groups excluding carboxylic acids is 2. The molecule has 1 aliphatic heterocycles. The zero-order valence-electron chi connectivity index (χ0n) is 17.1. The minimum Gasteiger partial charge on any atom is -0.479 e. The summed E-state index contributed by atoms with van der Waals surface area (Å²) in [5, 5.41) is 12.9. The molecule has 2 amide bonds. The summed E-state index contributed by atoms with van der Waals surface area (Å²) in [5.74, 6) is -0.0479. The molecule has 1 N–H and O–H groups in total. The fourth-order valence-electron chi connectivity index (χ4n) is 3.26. The number of carbonyl (C=O) groups is 2. The zero-order chi connectivity index (χ0) is 21.4. The highest BCUT2D eigenvalue weighted by atomic mass is 32.1. The van der Waals surface area contributed by atoms with E-state index in [1.807, 2.05) is 39.0 Å². The number of amides is 2. The molecule has 0 saturated heterocycles. The predicted molar refractivity (Wildman–Crippen MR) is 117 cm³/mol. The van der Waals surface area contributed by atoms with Crippen LogP contribution in [0.1, 0.15) is 28.7 Å². The normalized spacial score (nSPS) is 15.7. The summed E-state index contributed by atoms with van der Waals surface area (Å²) in [5.41, 5.74) is 2.31. The molecule has 3 heterocycles. The van der Waals surface area contributed by atoms with E-state index in [0.29, 0.717) is 16.6 Å². The van der Waals surface area contributed by atoms with Crippen molar-refractivity contribution >= 4 is 45.3 Å². The Labute approximate surface area is 181 Å². The van der Waals surface area contributed by atoms with Gasteiger partial charge in [-0.15, -0.1) is 21.5 Å². The van der Waals surface area contributed by atoms with Gasteiger partial charge in [0.1, 0.15) is 17.3 Å². The van der Waals surface area contributed by atoms with Crippen LogP contribution in [0.2, 0.25) is 0 Å². The van der Waals surface area contributed by atoms with E-state index in [-0.39, 0.29) is 18.4 Å². The van der Waals surface area contributed by atoms with E-state index in [1.165, 1.54) is 16.2 Å². The number of hydrogen-bond donors (Lipinski definition) is 1. The molecule has 0 radical (unpaired) electrons. The van der Waals surface area contributed by atoms with Crippen LogP contribution < -0.4 is 15.0 Å². The van der Waals surface area contributed by atoms with Crippen LogP contribution in [0.3, 0.4) is 0 Å². The average molecular weight is 444 g/mol. The van der Waals surface area contributed by atoms with Gasteiger partial charge >= 0.3 is 0 Å². The smallest absolute Gasteiger partial charge is 0.268 e. The topological polar surface area (TPSA) is 97.3 Å². The van der Waals surface area contributed by atoms with Gasteiger partial charge in [-0.25, -0.2) is 4.98 Å². The van der Waals surface area contributed by atoms with E-state index in [1.54, 1.807) is 18.3 Å². The van der Waals surface area contributed by atoms with Crippen LogP contribution in [0, 0.1) is 13.8 Å². The first kappa shape index (κ1) is 20.4. The highest BCUT2D eigenvalue weighted by Gasteiger charge is 2.33. The van der Waals surface area contributed by atoms with E-state index in [9.17, 15) is 9.59 Å². The van der Waals surface area contributed by atoms with Gasteiger partial charge in [0, 0.05) is 10.4 Å². The molecular weight excluding hydrogens is 422 g/mol. The highest BCUT2D eigenvalue weighted by molar-refractivity contribution is 7.15. The molecule has 4 rings (SSSR count). The summed E-state index contributed by atoms with van der Waals surface area (Å²) in [6.45, 7) is 7.48. The Bertz CT molecular complexity index is 1120. The quantitative estimate of drug-likeness (QED) is 0.647. The van der Waals surface area contributed by atoms with E-state index in [2.05, 4.69) is 20.5 Å². The van der Waals surface area contributed by atoms with Crippen LogP contribution in [0.5, 0.6) is 5.75 Å². The molecule has 8 nitrogen and oxygen atoms in total. The first-order valence-electron chi connectivity index (χ1n) is 9.54. The number of ether oxygens (including phenoxy) is 1. The van der Waals surface area contributed by atoms with Gasteiger partial charge in [-0.2, -0.15) is 0 Å². The number of hydrogen-bond acceptors (Lipinski definition) is 8. The molecule has 0 bridgehead atoms. The molecule has 1 aromatic carbocycles. The summed E-state index contributed by atoms with van der Waals surface area (Å²) in [7, 11) is 0. The van der Waals surface area contributed by atoms with Gasteiger partial charge in [0.15, 0.2) is 6.10 Å². The van der Waals surface area contributed by atoms with Crippen molar-refractivity contribution in [1.29, 1.82) is 0 Å². The lowest BCUT2D eigenvalue weighted by Gasteiger charge is -2.32. The maximum atomic E-state index is 12.8. The van der Waals surface area contributed by atoms with Gasteiger partial charge in [-0.1, -0.05) is 18.3 Å². The van der Waals surface area contributed by atoms with Crippen LogP contribution in [0.15, 0.2) is 18.2 Å². The SMILES string of the molecule is CCc1nnc(NC(=O)CN2C(=O)C(C)Oc3ccc(-c4nc(C)sc4C)cc32)s1. The summed E-state index contributed by atoms with van der Waals surface area (Å²) in [6.07, 6.45) is 0.0752. The number of benzene rings is 1. The first-order valence-corrected chi connectivity index (χ1v) is 11.2. The summed E-state index contributed by atoms with van der Waals surface area (Å²) < 4.78 is 5.76. The number of fused-ring (bicyclic) bond motifs is 1. The van der Waals surface area contributed by atoms with Crippen LogP contribution in [0.25, 0.3) is 11.3 Å². The number of rotatable bonds is 5. The molecule has 156 valence electrons. The molecule has 10 heteroatoms. The number of thiazole rings is 1. The Balaban J connectivity index is 1.63. The number of aryl methyl sites for hydroxylation is 3. The fourth-order valence-corrected chi connectivity index (χ4v) is 4.80. The van der Waals surface area contributed by atoms with E-state index < -0.39 is 6.10 Å². The standard InChI is InChI=1S/C20H21N5O3S2/c1-5-17-23-24-20(30-17)22-16(26)9-25-14-8-13(18-11(3)29-12(4)21-18)6-7-15(14)28-10(2)19(25)27/h6-8,10H,5,9H2,1-4H3,(H,22,24,26). The molecule has 0 aliphatic carbocycles. The number of nitrogens with one attached hydrogen (secondary N) is 1. The lowest BCUT2D eigenvalue weighted by molar-refractivity contribution is -0.127. The number of aromatic nitrogens is 3. The number of anilines is 2. The van der Waals surface area contributed by atoms with Gasteiger partial charge in [-0.05, 0) is 45.4 Å². The average Bonchev–Trinajstić information content (AvgIpc) is 3.30. The van der Waals surface area contributed by atoms with Gasteiger partial charge in [0.25, 0.3) is 5.91 Å². The molecule has 1 aliphatic rings. The Hall–Kier alpha value is -2.85. The second kappa shape index (κ2) is 8.11. The minimum absolute atomic E-state index is 0.140. The van der Waals surface area contributed by atoms with Crippen molar-refractivity contribution in [3.05, 3.63) is 33.1 Å². The summed E-state index contributed by atoms with van der Waals surface area (Å²) >= 11 is 2.94. The molecule has 0 saturated carbocycles. The Kier molecular flexibility index (Phi) is 5.52. The van der Waals surface area contributed by atoms with Crippen LogP contribution >= 0.6 is 22.7 Å². The van der Waals surface area contributed by atoms with E-state index in [0.717, 1.165) is 32.6 Å².